The van der Waals surface area contributed by atoms with Gasteiger partial charge in [0.25, 0.3) is 11.5 Å². The monoisotopic (exact) mass is 535 g/mol. The number of rotatable bonds is 9. The highest BCUT2D eigenvalue weighted by molar-refractivity contribution is 6.31. The van der Waals surface area contributed by atoms with Gasteiger partial charge in [-0.1, -0.05) is 49.7 Å². The molecule has 0 aliphatic heterocycles. The van der Waals surface area contributed by atoms with Crippen LogP contribution in [0.4, 0.5) is 10.1 Å². The van der Waals surface area contributed by atoms with Crippen molar-refractivity contribution in [1.29, 1.82) is 0 Å². The minimum atomic E-state index is -0.647. The van der Waals surface area contributed by atoms with Gasteiger partial charge in [0.2, 0.25) is 0 Å². The van der Waals surface area contributed by atoms with E-state index in [2.05, 4.69) is 5.43 Å². The Hall–Kier alpha value is -3.75. The molecule has 0 bridgehead atoms. The third-order valence-corrected chi connectivity index (χ3v) is 6.62. The summed E-state index contributed by atoms with van der Waals surface area (Å²) in [7, 11) is 0. The number of amides is 1. The maximum absolute atomic E-state index is 14.4. The molecule has 0 aliphatic carbocycles. The number of anilines is 1. The Labute approximate surface area is 226 Å². The van der Waals surface area contributed by atoms with E-state index in [1.807, 2.05) is 44.2 Å². The molecule has 1 atom stereocenters. The molecular weight excluding hydrogens is 505 g/mol. The number of nitrogens with one attached hydrogen (secondary N) is 1. The summed E-state index contributed by atoms with van der Waals surface area (Å²) in [6.45, 7) is 6.19. The van der Waals surface area contributed by atoms with Crippen molar-refractivity contribution in [2.75, 3.05) is 18.5 Å². The SMILES string of the molecule is Cc1ccc(C(=O)N(CCCN)C(c2nc3cc(Cl)ccc3c(=O)n2Nc2ccccc2)C(C)C)cc1F. The van der Waals surface area contributed by atoms with E-state index in [4.69, 9.17) is 22.3 Å². The van der Waals surface area contributed by atoms with E-state index in [1.54, 1.807) is 42.2 Å². The van der Waals surface area contributed by atoms with Gasteiger partial charge in [-0.05, 0) is 73.8 Å². The Balaban J connectivity index is 1.94. The number of aryl methyl sites for hydroxylation is 1. The number of hydrogen-bond acceptors (Lipinski definition) is 5. The number of halogens is 2. The summed E-state index contributed by atoms with van der Waals surface area (Å²) in [6, 6.07) is 17.9. The first-order valence-electron chi connectivity index (χ1n) is 12.5. The Morgan fingerprint density at radius 2 is 1.87 bits per heavy atom. The molecule has 3 aromatic carbocycles. The molecule has 0 spiro atoms. The van der Waals surface area contributed by atoms with Crippen molar-refractivity contribution in [2.45, 2.75) is 33.2 Å². The minimum absolute atomic E-state index is 0.167. The normalized spacial score (nSPS) is 12.1. The zero-order chi connectivity index (χ0) is 27.4. The fraction of sp³-hybridized carbons (Fsp3) is 0.276. The van der Waals surface area contributed by atoms with Crippen LogP contribution in [-0.4, -0.2) is 33.6 Å². The summed E-state index contributed by atoms with van der Waals surface area (Å²) >= 11 is 6.25. The molecule has 0 saturated heterocycles. The van der Waals surface area contributed by atoms with Crippen molar-refractivity contribution < 1.29 is 9.18 Å². The van der Waals surface area contributed by atoms with Crippen LogP contribution in [0.15, 0.2) is 71.5 Å². The van der Waals surface area contributed by atoms with Gasteiger partial charge in [0, 0.05) is 17.1 Å². The molecule has 3 N–H and O–H groups in total. The molecule has 4 aromatic rings. The Morgan fingerprint density at radius 1 is 1.13 bits per heavy atom. The van der Waals surface area contributed by atoms with Crippen LogP contribution in [0.2, 0.25) is 5.02 Å². The summed E-state index contributed by atoms with van der Waals surface area (Å²) in [4.78, 5) is 34.2. The van der Waals surface area contributed by atoms with E-state index >= 15 is 0 Å². The van der Waals surface area contributed by atoms with Gasteiger partial charge in [-0.15, -0.1) is 0 Å². The number of carbonyl (C=O) groups is 1. The zero-order valence-electron chi connectivity index (χ0n) is 21.6. The fourth-order valence-corrected chi connectivity index (χ4v) is 4.61. The summed E-state index contributed by atoms with van der Waals surface area (Å²) in [5.41, 5.74) is 10.4. The molecule has 7 nitrogen and oxygen atoms in total. The number of nitrogens with zero attached hydrogens (tertiary/aromatic N) is 3. The van der Waals surface area contributed by atoms with E-state index in [0.29, 0.717) is 52.5 Å². The van der Waals surface area contributed by atoms with Crippen LogP contribution in [-0.2, 0) is 0 Å². The van der Waals surface area contributed by atoms with Crippen LogP contribution in [0.5, 0.6) is 0 Å². The fourth-order valence-electron chi connectivity index (χ4n) is 4.44. The number of hydrogen-bond donors (Lipinski definition) is 2. The van der Waals surface area contributed by atoms with Crippen LogP contribution in [0.25, 0.3) is 10.9 Å². The quantitative estimate of drug-likeness (QED) is 0.292. The van der Waals surface area contributed by atoms with Crippen LogP contribution in [0.3, 0.4) is 0 Å². The Morgan fingerprint density at radius 3 is 2.53 bits per heavy atom. The van der Waals surface area contributed by atoms with Gasteiger partial charge in [-0.3, -0.25) is 15.0 Å². The van der Waals surface area contributed by atoms with Gasteiger partial charge in [-0.25, -0.2) is 14.1 Å². The van der Waals surface area contributed by atoms with Crippen molar-refractivity contribution in [3.63, 3.8) is 0 Å². The molecule has 38 heavy (non-hydrogen) atoms. The third-order valence-electron chi connectivity index (χ3n) is 6.39. The van der Waals surface area contributed by atoms with E-state index in [1.165, 1.54) is 10.7 Å². The Bertz CT molecular complexity index is 1510. The first-order valence-corrected chi connectivity index (χ1v) is 12.9. The lowest BCUT2D eigenvalue weighted by Crippen LogP contribution is -2.43. The highest BCUT2D eigenvalue weighted by Gasteiger charge is 2.33. The zero-order valence-corrected chi connectivity index (χ0v) is 22.4. The predicted octanol–water partition coefficient (Wildman–Crippen LogP) is 5.56. The molecule has 0 aliphatic rings. The van der Waals surface area contributed by atoms with E-state index < -0.39 is 11.9 Å². The van der Waals surface area contributed by atoms with Crippen LogP contribution in [0.1, 0.15) is 48.1 Å². The highest BCUT2D eigenvalue weighted by Crippen LogP contribution is 2.30. The molecular formula is C29H31ClFN5O2. The molecule has 0 fully saturated rings. The highest BCUT2D eigenvalue weighted by atomic mass is 35.5. The summed E-state index contributed by atoms with van der Waals surface area (Å²) in [6.07, 6.45) is 0.513. The summed E-state index contributed by atoms with van der Waals surface area (Å²) in [5.74, 6) is -0.666. The third kappa shape index (κ3) is 5.71. The van der Waals surface area contributed by atoms with Crippen molar-refractivity contribution in [3.8, 4) is 0 Å². The average Bonchev–Trinajstić information content (AvgIpc) is 2.89. The van der Waals surface area contributed by atoms with Gasteiger partial charge < -0.3 is 10.6 Å². The summed E-state index contributed by atoms with van der Waals surface area (Å²) < 4.78 is 15.8. The lowest BCUT2D eigenvalue weighted by Gasteiger charge is -2.35. The second kappa shape index (κ2) is 11.8. The molecule has 0 radical (unpaired) electrons. The van der Waals surface area contributed by atoms with Crippen LogP contribution < -0.4 is 16.7 Å². The molecule has 1 unspecified atom stereocenters. The second-order valence-electron chi connectivity index (χ2n) is 9.54. The van der Waals surface area contributed by atoms with Gasteiger partial charge in [0.15, 0.2) is 5.82 Å². The molecule has 9 heteroatoms. The smallest absolute Gasteiger partial charge is 0.280 e. The first kappa shape index (κ1) is 27.3. The molecule has 198 valence electrons. The van der Waals surface area contributed by atoms with E-state index in [0.717, 1.165) is 0 Å². The van der Waals surface area contributed by atoms with Gasteiger partial charge >= 0.3 is 0 Å². The van der Waals surface area contributed by atoms with E-state index in [9.17, 15) is 14.0 Å². The number of para-hydroxylation sites is 1. The number of aromatic nitrogens is 2. The standard InChI is InChI=1S/C29H31ClFN5O2/c1-18(2)26(35(15-7-14-32)28(37)20-11-10-19(3)24(31)16-20)27-33-25-17-21(30)12-13-23(25)29(38)36(27)34-22-8-5-4-6-9-22/h4-6,8-13,16-18,26,34H,7,14-15,32H2,1-3H3. The van der Waals surface area contributed by atoms with E-state index in [-0.39, 0.29) is 22.9 Å². The lowest BCUT2D eigenvalue weighted by atomic mass is 9.99. The Kier molecular flexibility index (Phi) is 8.44. The number of fused-ring (bicyclic) bond motifs is 1. The molecule has 0 saturated carbocycles. The second-order valence-corrected chi connectivity index (χ2v) is 9.98. The number of benzene rings is 3. The maximum atomic E-state index is 14.4. The largest absolute Gasteiger partial charge is 0.330 e. The van der Waals surface area contributed by atoms with Gasteiger partial charge in [0.1, 0.15) is 5.82 Å². The predicted molar refractivity (Wildman–Crippen MR) is 150 cm³/mol. The summed E-state index contributed by atoms with van der Waals surface area (Å²) in [5, 5.41) is 0.820. The number of nitrogens with two attached hydrogens (primary N) is 1. The van der Waals surface area contributed by atoms with Gasteiger partial charge in [-0.2, -0.15) is 0 Å². The van der Waals surface area contributed by atoms with Crippen LogP contribution in [0, 0.1) is 18.7 Å². The minimum Gasteiger partial charge on any atom is -0.330 e. The first-order chi connectivity index (χ1) is 18.2. The molecule has 1 heterocycles. The van der Waals surface area contributed by atoms with Crippen LogP contribution >= 0.6 is 11.6 Å². The van der Waals surface area contributed by atoms with Crippen molar-refractivity contribution in [3.05, 3.63) is 105 Å². The lowest BCUT2D eigenvalue weighted by molar-refractivity contribution is 0.0604. The molecule has 4 rings (SSSR count). The van der Waals surface area contributed by atoms with Crippen molar-refractivity contribution in [1.82, 2.24) is 14.6 Å². The molecule has 1 aromatic heterocycles. The topological polar surface area (TPSA) is 93.2 Å². The van der Waals surface area contributed by atoms with Gasteiger partial charge in [0.05, 0.1) is 22.6 Å². The maximum Gasteiger partial charge on any atom is 0.280 e. The number of carbonyl (C=O) groups excluding carboxylic acids is 1. The van der Waals surface area contributed by atoms with Crippen molar-refractivity contribution >= 4 is 34.1 Å². The van der Waals surface area contributed by atoms with Crippen molar-refractivity contribution in [2.24, 2.45) is 11.7 Å². The average molecular weight is 536 g/mol. The molecule has 1 amide bonds.